The van der Waals surface area contributed by atoms with E-state index in [0.717, 1.165) is 41.2 Å². The molecule has 1 aliphatic heterocycles. The molecule has 0 unspecified atom stereocenters. The van der Waals surface area contributed by atoms with Crippen molar-refractivity contribution in [2.75, 3.05) is 11.4 Å². The normalized spacial score (nSPS) is 18.7. The molecule has 1 saturated heterocycles. The monoisotopic (exact) mass is 315 g/mol. The molecule has 0 spiro atoms. The minimum atomic E-state index is 0.134. The van der Waals surface area contributed by atoms with Crippen LogP contribution >= 0.6 is 11.3 Å². The van der Waals surface area contributed by atoms with E-state index in [1.165, 1.54) is 0 Å². The first-order valence-corrected chi connectivity index (χ1v) is 8.40. The number of hydrogen-bond donors (Lipinski definition) is 0. The highest BCUT2D eigenvalue weighted by Crippen LogP contribution is 2.37. The minimum absolute atomic E-state index is 0.134. The lowest BCUT2D eigenvalue weighted by molar-refractivity contribution is 0.358. The fourth-order valence-corrected chi connectivity index (χ4v) is 3.64. The van der Waals surface area contributed by atoms with Gasteiger partial charge in [0, 0.05) is 12.5 Å². The minimum Gasteiger partial charge on any atom is -0.346 e. The molecule has 4 heterocycles. The number of fused-ring (bicyclic) bond motifs is 1. The number of anilines is 1. The number of hydrogen-bond acceptors (Lipinski definition) is 7. The zero-order valence-corrected chi connectivity index (χ0v) is 13.4. The van der Waals surface area contributed by atoms with E-state index in [1.54, 1.807) is 17.7 Å². The van der Waals surface area contributed by atoms with Crippen LogP contribution in [0.5, 0.6) is 0 Å². The van der Waals surface area contributed by atoms with Crippen LogP contribution < -0.4 is 4.90 Å². The molecule has 1 aliphatic rings. The summed E-state index contributed by atoms with van der Waals surface area (Å²) in [4.78, 5) is 16.7. The van der Waals surface area contributed by atoms with Crippen molar-refractivity contribution in [2.24, 2.45) is 0 Å². The van der Waals surface area contributed by atoms with Crippen LogP contribution in [-0.2, 0) is 0 Å². The Bertz CT molecular complexity index is 796. The molecular formula is C15H17N5OS. The Balaban J connectivity index is 1.72. The van der Waals surface area contributed by atoms with Crippen LogP contribution in [0.4, 0.5) is 5.82 Å². The lowest BCUT2D eigenvalue weighted by Gasteiger charge is -2.23. The van der Waals surface area contributed by atoms with Gasteiger partial charge in [-0.05, 0) is 24.3 Å². The van der Waals surface area contributed by atoms with Crippen LogP contribution in [0.3, 0.4) is 0 Å². The van der Waals surface area contributed by atoms with Crippen molar-refractivity contribution < 1.29 is 4.52 Å². The molecule has 0 radical (unpaired) electrons. The predicted molar refractivity (Wildman–Crippen MR) is 85.1 cm³/mol. The van der Waals surface area contributed by atoms with E-state index in [1.807, 2.05) is 0 Å². The molecule has 1 atom stereocenters. The molecule has 7 heteroatoms. The zero-order chi connectivity index (χ0) is 15.1. The molecule has 22 heavy (non-hydrogen) atoms. The Morgan fingerprint density at radius 2 is 2.27 bits per heavy atom. The number of nitrogens with zero attached hydrogens (tertiary/aromatic N) is 5. The lowest BCUT2D eigenvalue weighted by atomic mass is 10.2. The Hall–Kier alpha value is -2.02. The van der Waals surface area contributed by atoms with E-state index >= 15 is 0 Å². The maximum atomic E-state index is 5.38. The third-order valence-corrected chi connectivity index (χ3v) is 4.84. The van der Waals surface area contributed by atoms with E-state index in [9.17, 15) is 0 Å². The molecule has 4 rings (SSSR count). The highest BCUT2D eigenvalue weighted by Gasteiger charge is 2.32. The Morgan fingerprint density at radius 1 is 1.36 bits per heavy atom. The van der Waals surface area contributed by atoms with Crippen molar-refractivity contribution in [1.82, 2.24) is 20.1 Å². The van der Waals surface area contributed by atoms with Crippen LogP contribution in [0.15, 0.2) is 22.3 Å². The van der Waals surface area contributed by atoms with Gasteiger partial charge >= 0.3 is 0 Å². The SMILES string of the molecule is CC(C)c1nc([C@H]2CCCN2c2ncnc3sccc23)no1. The Kier molecular flexibility index (Phi) is 3.29. The highest BCUT2D eigenvalue weighted by molar-refractivity contribution is 7.16. The molecule has 0 amide bonds. The average Bonchev–Trinajstić information content (AvgIpc) is 3.25. The van der Waals surface area contributed by atoms with Crippen molar-refractivity contribution in [3.05, 3.63) is 29.5 Å². The van der Waals surface area contributed by atoms with Crippen LogP contribution in [0, 0.1) is 0 Å². The van der Waals surface area contributed by atoms with Gasteiger partial charge in [0.25, 0.3) is 0 Å². The van der Waals surface area contributed by atoms with Crippen molar-refractivity contribution in [2.45, 2.75) is 38.6 Å². The Labute approximate surface area is 132 Å². The van der Waals surface area contributed by atoms with Crippen molar-refractivity contribution in [3.63, 3.8) is 0 Å². The van der Waals surface area contributed by atoms with E-state index in [2.05, 4.69) is 50.3 Å². The van der Waals surface area contributed by atoms with Gasteiger partial charge in [0.1, 0.15) is 17.0 Å². The molecule has 1 fully saturated rings. The van der Waals surface area contributed by atoms with E-state index in [-0.39, 0.29) is 12.0 Å². The molecule has 0 aromatic carbocycles. The molecule has 6 nitrogen and oxygen atoms in total. The van der Waals surface area contributed by atoms with Crippen LogP contribution in [0.2, 0.25) is 0 Å². The van der Waals surface area contributed by atoms with Crippen LogP contribution in [0.25, 0.3) is 10.2 Å². The molecule has 0 saturated carbocycles. The summed E-state index contributed by atoms with van der Waals surface area (Å²) < 4.78 is 5.38. The summed E-state index contributed by atoms with van der Waals surface area (Å²) in [5, 5.41) is 7.35. The number of thiophene rings is 1. The summed E-state index contributed by atoms with van der Waals surface area (Å²) in [6.07, 6.45) is 3.76. The van der Waals surface area contributed by atoms with Gasteiger partial charge in [0.2, 0.25) is 5.89 Å². The Morgan fingerprint density at radius 3 is 3.09 bits per heavy atom. The van der Waals surface area contributed by atoms with Gasteiger partial charge in [0.05, 0.1) is 11.4 Å². The highest BCUT2D eigenvalue weighted by atomic mass is 32.1. The average molecular weight is 315 g/mol. The van der Waals surface area contributed by atoms with E-state index in [0.29, 0.717) is 5.89 Å². The van der Waals surface area contributed by atoms with Gasteiger partial charge in [-0.3, -0.25) is 0 Å². The van der Waals surface area contributed by atoms with Gasteiger partial charge in [0.15, 0.2) is 5.82 Å². The van der Waals surface area contributed by atoms with Gasteiger partial charge in [-0.15, -0.1) is 11.3 Å². The van der Waals surface area contributed by atoms with Gasteiger partial charge in [-0.1, -0.05) is 19.0 Å². The first kappa shape index (κ1) is 13.6. The number of rotatable bonds is 3. The van der Waals surface area contributed by atoms with E-state index in [4.69, 9.17) is 4.52 Å². The maximum absolute atomic E-state index is 5.38. The quantitative estimate of drug-likeness (QED) is 0.736. The summed E-state index contributed by atoms with van der Waals surface area (Å²) in [7, 11) is 0. The van der Waals surface area contributed by atoms with Gasteiger partial charge in [-0.2, -0.15) is 4.98 Å². The standard InChI is InChI=1S/C15H17N5OS/c1-9(2)14-18-12(19-21-14)11-4-3-6-20(11)13-10-5-7-22-15(10)17-8-16-13/h5,7-9,11H,3-4,6H2,1-2H3/t11-/m1/s1. The summed E-state index contributed by atoms with van der Waals surface area (Å²) in [5.74, 6) is 2.69. The molecular weight excluding hydrogens is 298 g/mol. The summed E-state index contributed by atoms with van der Waals surface area (Å²) in [5.41, 5.74) is 0. The van der Waals surface area contributed by atoms with Crippen LogP contribution in [0.1, 0.15) is 50.4 Å². The van der Waals surface area contributed by atoms with Crippen molar-refractivity contribution in [1.29, 1.82) is 0 Å². The lowest BCUT2D eigenvalue weighted by Crippen LogP contribution is -2.24. The first-order valence-electron chi connectivity index (χ1n) is 7.52. The third-order valence-electron chi connectivity index (χ3n) is 4.01. The third kappa shape index (κ3) is 2.16. The molecule has 0 aliphatic carbocycles. The summed E-state index contributed by atoms with van der Waals surface area (Å²) >= 11 is 1.64. The summed E-state index contributed by atoms with van der Waals surface area (Å²) in [6.45, 7) is 5.07. The van der Waals surface area contributed by atoms with Gasteiger partial charge in [-0.25, -0.2) is 9.97 Å². The van der Waals surface area contributed by atoms with Crippen molar-refractivity contribution in [3.8, 4) is 0 Å². The maximum Gasteiger partial charge on any atom is 0.229 e. The smallest absolute Gasteiger partial charge is 0.229 e. The molecule has 3 aromatic heterocycles. The molecule has 0 N–H and O–H groups in total. The molecule has 0 bridgehead atoms. The molecule has 114 valence electrons. The largest absolute Gasteiger partial charge is 0.346 e. The van der Waals surface area contributed by atoms with E-state index < -0.39 is 0 Å². The fourth-order valence-electron chi connectivity index (χ4n) is 2.91. The topological polar surface area (TPSA) is 67.9 Å². The zero-order valence-electron chi connectivity index (χ0n) is 12.6. The van der Waals surface area contributed by atoms with Gasteiger partial charge < -0.3 is 9.42 Å². The second-order valence-electron chi connectivity index (χ2n) is 5.83. The van der Waals surface area contributed by atoms with Crippen LogP contribution in [-0.4, -0.2) is 26.7 Å². The molecule has 3 aromatic rings. The predicted octanol–water partition coefficient (Wildman–Crippen LogP) is 3.54. The fraction of sp³-hybridized carbons (Fsp3) is 0.467. The first-order chi connectivity index (χ1) is 10.7. The number of aromatic nitrogens is 4. The second-order valence-corrected chi connectivity index (χ2v) is 6.73. The summed E-state index contributed by atoms with van der Waals surface area (Å²) in [6, 6.07) is 2.22. The second kappa shape index (κ2) is 5.31. The van der Waals surface area contributed by atoms with Crippen molar-refractivity contribution >= 4 is 27.4 Å².